The number of carbonyl (C=O) groups excluding carboxylic acids is 2. The third kappa shape index (κ3) is 4.79. The first kappa shape index (κ1) is 21.9. The second-order valence-electron chi connectivity index (χ2n) is 7.35. The number of anilines is 1. The van der Waals surface area contributed by atoms with Gasteiger partial charge in [0.1, 0.15) is 5.82 Å². The number of urea groups is 1. The topological polar surface area (TPSA) is 87.7 Å². The quantitative estimate of drug-likeness (QED) is 0.432. The molecule has 0 saturated carbocycles. The summed E-state index contributed by atoms with van der Waals surface area (Å²) in [5, 5.41) is 5.54. The molecular weight excluding hydrogens is 437 g/mol. The van der Waals surface area contributed by atoms with Crippen LogP contribution < -0.4 is 10.4 Å². The molecule has 8 nitrogen and oxygen atoms in total. The van der Waals surface area contributed by atoms with Gasteiger partial charge in [-0.15, -0.1) is 0 Å². The zero-order chi connectivity index (χ0) is 22.5. The Morgan fingerprint density at radius 1 is 1.34 bits per heavy atom. The maximum absolute atomic E-state index is 13.6. The molecule has 0 radical (unpaired) electrons. The Hall–Kier alpha value is -3.30. The number of benzene rings is 1. The van der Waals surface area contributed by atoms with Gasteiger partial charge < -0.3 is 10.2 Å². The second kappa shape index (κ2) is 9.88. The number of carbonyl (C=O) groups is 2. The molecule has 1 N–H and O–H groups in total. The van der Waals surface area contributed by atoms with E-state index in [1.807, 2.05) is 6.07 Å². The van der Waals surface area contributed by atoms with Crippen molar-refractivity contribution in [2.75, 3.05) is 18.2 Å². The Labute approximate surface area is 188 Å². The Kier molecular flexibility index (Phi) is 6.77. The Morgan fingerprint density at radius 2 is 2.22 bits per heavy atom. The van der Waals surface area contributed by atoms with Crippen LogP contribution in [-0.4, -0.2) is 46.5 Å². The third-order valence-corrected chi connectivity index (χ3v) is 5.76. The zero-order valence-electron chi connectivity index (χ0n) is 17.1. The van der Waals surface area contributed by atoms with E-state index in [1.54, 1.807) is 41.7 Å². The highest BCUT2D eigenvalue weighted by Gasteiger charge is 2.30. The summed E-state index contributed by atoms with van der Waals surface area (Å²) in [7, 11) is 0. The van der Waals surface area contributed by atoms with Crippen molar-refractivity contribution in [3.63, 3.8) is 0 Å². The molecule has 4 rings (SSSR count). The van der Waals surface area contributed by atoms with Gasteiger partial charge in [-0.05, 0) is 42.0 Å². The molecule has 0 spiro atoms. The van der Waals surface area contributed by atoms with Crippen molar-refractivity contribution in [2.45, 2.75) is 25.4 Å². The minimum absolute atomic E-state index is 0.00519. The number of aromatic nitrogens is 2. The van der Waals surface area contributed by atoms with Crippen molar-refractivity contribution in [2.24, 2.45) is 0 Å². The number of hydrogen-bond donors (Lipinski definition) is 1. The molecular formula is C22H21ClFN5O3. The first-order chi connectivity index (χ1) is 15.6. The molecule has 0 unspecified atom stereocenters. The molecule has 0 aliphatic carbocycles. The van der Waals surface area contributed by atoms with Crippen LogP contribution >= 0.6 is 11.6 Å². The van der Waals surface area contributed by atoms with Gasteiger partial charge in [0, 0.05) is 37.1 Å². The average molecular weight is 458 g/mol. The highest BCUT2D eigenvalue weighted by Crippen LogP contribution is 2.22. The van der Waals surface area contributed by atoms with E-state index in [2.05, 4.69) is 15.3 Å². The third-order valence-electron chi connectivity index (χ3n) is 5.33. The van der Waals surface area contributed by atoms with Gasteiger partial charge in [-0.25, -0.2) is 14.2 Å². The largest absolute Gasteiger partial charge is 0.334 e. The van der Waals surface area contributed by atoms with Crippen molar-refractivity contribution in [1.29, 1.82) is 0 Å². The normalized spacial score (nSPS) is 15.7. The number of hydroxylamine groups is 1. The fourth-order valence-electron chi connectivity index (χ4n) is 3.64. The van der Waals surface area contributed by atoms with E-state index in [4.69, 9.17) is 16.4 Å². The number of nitrogens with zero attached hydrogens (tertiary/aromatic N) is 4. The number of amides is 3. The molecule has 1 atom stereocenters. The molecule has 0 bridgehead atoms. The maximum Gasteiger partial charge on any atom is 0.317 e. The van der Waals surface area contributed by atoms with Crippen LogP contribution in [0.15, 0.2) is 48.9 Å². The molecule has 3 heterocycles. The van der Waals surface area contributed by atoms with Crippen LogP contribution in [0.2, 0.25) is 5.02 Å². The predicted octanol–water partition coefficient (Wildman–Crippen LogP) is 3.69. The predicted molar refractivity (Wildman–Crippen MR) is 117 cm³/mol. The summed E-state index contributed by atoms with van der Waals surface area (Å²) in [5.74, 6) is -0.188. The van der Waals surface area contributed by atoms with E-state index in [1.165, 1.54) is 6.07 Å². The fraction of sp³-hybridized carbons (Fsp3) is 0.273. The molecule has 1 aliphatic rings. The molecule has 1 fully saturated rings. The molecule has 2 aromatic heterocycles. The van der Waals surface area contributed by atoms with Gasteiger partial charge in [0.2, 0.25) is 6.41 Å². The van der Waals surface area contributed by atoms with Gasteiger partial charge in [0.25, 0.3) is 0 Å². The molecule has 166 valence electrons. The Morgan fingerprint density at radius 3 is 3.06 bits per heavy atom. The number of nitrogens with one attached hydrogen (secondary N) is 1. The van der Waals surface area contributed by atoms with E-state index >= 15 is 0 Å². The zero-order valence-corrected chi connectivity index (χ0v) is 17.8. The minimum Gasteiger partial charge on any atom is -0.334 e. The monoisotopic (exact) mass is 457 g/mol. The summed E-state index contributed by atoms with van der Waals surface area (Å²) < 4.78 is 13.6. The van der Waals surface area contributed by atoms with Gasteiger partial charge in [-0.3, -0.25) is 14.6 Å². The van der Waals surface area contributed by atoms with Gasteiger partial charge in [-0.1, -0.05) is 23.7 Å². The van der Waals surface area contributed by atoms with Gasteiger partial charge >= 0.3 is 6.03 Å². The molecule has 1 aromatic carbocycles. The Balaban J connectivity index is 1.36. The molecule has 3 aromatic rings. The first-order valence-electron chi connectivity index (χ1n) is 10.1. The van der Waals surface area contributed by atoms with Crippen molar-refractivity contribution in [1.82, 2.24) is 20.2 Å². The number of halogens is 2. The lowest BCUT2D eigenvalue weighted by Crippen LogP contribution is -2.45. The molecule has 1 aliphatic heterocycles. The highest BCUT2D eigenvalue weighted by atomic mass is 35.5. The lowest BCUT2D eigenvalue weighted by atomic mass is 10.2. The fourth-order valence-corrected chi connectivity index (χ4v) is 3.83. The van der Waals surface area contributed by atoms with Crippen molar-refractivity contribution in [3.05, 3.63) is 65.3 Å². The van der Waals surface area contributed by atoms with E-state index in [-0.39, 0.29) is 30.2 Å². The van der Waals surface area contributed by atoms with Gasteiger partial charge in [-0.2, -0.15) is 5.06 Å². The molecule has 32 heavy (non-hydrogen) atoms. The van der Waals surface area contributed by atoms with Crippen LogP contribution in [0.3, 0.4) is 0 Å². The van der Waals surface area contributed by atoms with E-state index in [0.717, 1.165) is 28.7 Å². The summed E-state index contributed by atoms with van der Waals surface area (Å²) in [6.07, 6.45) is 7.04. The second-order valence-corrected chi connectivity index (χ2v) is 7.73. The highest BCUT2D eigenvalue weighted by molar-refractivity contribution is 6.31. The van der Waals surface area contributed by atoms with Crippen LogP contribution in [-0.2, 0) is 16.2 Å². The standard InChI is InChI=1S/C22H21ClFN5O3/c23-21-16(3-1-5-19(21)24)11-27-22(31)28-8-2-4-18(28)13-32-29(14-30)20-9-15-6-7-25-10-17(15)12-26-20/h1,3,5-7,9-10,12,14,18H,2,4,8,11,13H2,(H,27,31)/t18-/m0/s1. The maximum atomic E-state index is 13.6. The summed E-state index contributed by atoms with van der Waals surface area (Å²) in [6, 6.07) is 7.49. The number of fused-ring (bicyclic) bond motifs is 1. The van der Waals surface area contributed by atoms with E-state index in [9.17, 15) is 14.0 Å². The molecule has 10 heteroatoms. The van der Waals surface area contributed by atoms with Crippen molar-refractivity contribution >= 4 is 40.6 Å². The number of likely N-dealkylation sites (tertiary alicyclic amines) is 1. The van der Waals surface area contributed by atoms with E-state index < -0.39 is 5.82 Å². The summed E-state index contributed by atoms with van der Waals surface area (Å²) in [6.45, 7) is 0.790. The number of rotatable bonds is 7. The van der Waals surface area contributed by atoms with Crippen LogP contribution in [0.25, 0.3) is 10.8 Å². The number of pyridine rings is 2. The van der Waals surface area contributed by atoms with Crippen LogP contribution in [0.4, 0.5) is 15.0 Å². The van der Waals surface area contributed by atoms with Crippen LogP contribution in [0.5, 0.6) is 0 Å². The van der Waals surface area contributed by atoms with Crippen molar-refractivity contribution < 1.29 is 18.8 Å². The number of hydrogen-bond acceptors (Lipinski definition) is 5. The lowest BCUT2D eigenvalue weighted by Gasteiger charge is -2.26. The van der Waals surface area contributed by atoms with Gasteiger partial charge in [0.15, 0.2) is 5.82 Å². The summed E-state index contributed by atoms with van der Waals surface area (Å²) in [5.41, 5.74) is 0.497. The SMILES string of the molecule is O=CN(OC[C@@H]1CCCN1C(=O)NCc1cccc(F)c1Cl)c1cc2ccncc2cn1. The minimum atomic E-state index is -0.529. The van der Waals surface area contributed by atoms with Crippen LogP contribution in [0.1, 0.15) is 18.4 Å². The van der Waals surface area contributed by atoms with Crippen molar-refractivity contribution in [3.8, 4) is 0 Å². The van der Waals surface area contributed by atoms with E-state index in [0.29, 0.717) is 24.3 Å². The first-order valence-corrected chi connectivity index (χ1v) is 10.5. The lowest BCUT2D eigenvalue weighted by molar-refractivity contribution is -0.114. The summed E-state index contributed by atoms with van der Waals surface area (Å²) in [4.78, 5) is 39.9. The Bertz CT molecular complexity index is 1130. The average Bonchev–Trinajstić information content (AvgIpc) is 3.29. The summed E-state index contributed by atoms with van der Waals surface area (Å²) >= 11 is 5.95. The molecule has 1 saturated heterocycles. The molecule has 3 amide bonds. The van der Waals surface area contributed by atoms with Crippen LogP contribution in [0, 0.1) is 5.82 Å². The van der Waals surface area contributed by atoms with Gasteiger partial charge in [0.05, 0.1) is 17.7 Å². The smallest absolute Gasteiger partial charge is 0.317 e.